The molecule has 5 nitrogen and oxygen atoms in total. The van der Waals surface area contributed by atoms with Gasteiger partial charge in [0.1, 0.15) is 0 Å². The molecule has 3 heterocycles. The van der Waals surface area contributed by atoms with Crippen LogP contribution in [0.3, 0.4) is 0 Å². The molecule has 2 fully saturated rings. The van der Waals surface area contributed by atoms with Crippen LogP contribution in [0.4, 0.5) is 0 Å². The van der Waals surface area contributed by atoms with Crippen LogP contribution in [0, 0.1) is 0 Å². The van der Waals surface area contributed by atoms with E-state index >= 15 is 0 Å². The molecule has 2 aliphatic heterocycles. The van der Waals surface area contributed by atoms with Gasteiger partial charge in [0.2, 0.25) is 0 Å². The topological polar surface area (TPSA) is 58.1 Å². The van der Waals surface area contributed by atoms with Gasteiger partial charge in [0.15, 0.2) is 5.69 Å². The first kappa shape index (κ1) is 12.0. The molecule has 1 amide bonds. The molecule has 18 heavy (non-hydrogen) atoms. The minimum Gasteiger partial charge on any atom is -0.334 e. The monoisotopic (exact) mass is 266 g/mol. The van der Waals surface area contributed by atoms with Crippen LogP contribution in [-0.2, 0) is 0 Å². The molecule has 2 bridgehead atoms. The van der Waals surface area contributed by atoms with Gasteiger partial charge in [-0.2, -0.15) is 0 Å². The number of hydrogen-bond donors (Lipinski definition) is 1. The van der Waals surface area contributed by atoms with Crippen molar-refractivity contribution in [2.24, 2.45) is 0 Å². The minimum absolute atomic E-state index is 0.0394. The van der Waals surface area contributed by atoms with Gasteiger partial charge >= 0.3 is 0 Å². The number of amides is 1. The van der Waals surface area contributed by atoms with Crippen LogP contribution < -0.4 is 5.32 Å². The van der Waals surface area contributed by atoms with Crippen molar-refractivity contribution in [1.82, 2.24) is 19.8 Å². The maximum atomic E-state index is 12.4. The van der Waals surface area contributed by atoms with Crippen LogP contribution in [0.5, 0.6) is 0 Å². The fourth-order valence-electron chi connectivity index (χ4n) is 3.25. The van der Waals surface area contributed by atoms with Gasteiger partial charge in [0.05, 0.1) is 0 Å². The Morgan fingerprint density at radius 1 is 1.50 bits per heavy atom. The highest BCUT2D eigenvalue weighted by atomic mass is 32.1. The molecule has 6 heteroatoms. The van der Waals surface area contributed by atoms with Crippen LogP contribution in [0.1, 0.15) is 43.1 Å². The number of nitrogens with one attached hydrogen (secondary N) is 1. The fourth-order valence-corrected chi connectivity index (χ4v) is 3.68. The van der Waals surface area contributed by atoms with E-state index in [0.29, 0.717) is 23.8 Å². The number of piperidine rings is 1. The summed E-state index contributed by atoms with van der Waals surface area (Å²) in [6.07, 6.45) is 4.66. The first-order chi connectivity index (χ1) is 8.78. The molecule has 0 spiro atoms. The zero-order chi connectivity index (χ0) is 12.5. The zero-order valence-corrected chi connectivity index (χ0v) is 11.3. The lowest BCUT2D eigenvalue weighted by atomic mass is 9.98. The summed E-state index contributed by atoms with van der Waals surface area (Å²) in [5.41, 5.74) is 0.493. The summed E-state index contributed by atoms with van der Waals surface area (Å²) in [4.78, 5) is 14.4. The Labute approximate surface area is 111 Å². The molecule has 1 aromatic heterocycles. The van der Waals surface area contributed by atoms with Crippen molar-refractivity contribution in [3.05, 3.63) is 11.1 Å². The van der Waals surface area contributed by atoms with E-state index in [1.807, 2.05) is 11.8 Å². The zero-order valence-electron chi connectivity index (χ0n) is 10.5. The predicted octanol–water partition coefficient (Wildman–Crippen LogP) is 1.28. The van der Waals surface area contributed by atoms with Gasteiger partial charge in [-0.1, -0.05) is 4.49 Å². The van der Waals surface area contributed by atoms with Crippen molar-refractivity contribution < 1.29 is 4.79 Å². The van der Waals surface area contributed by atoms with Crippen LogP contribution in [0.25, 0.3) is 0 Å². The highest BCUT2D eigenvalue weighted by Crippen LogP contribution is 2.30. The van der Waals surface area contributed by atoms with E-state index in [2.05, 4.69) is 14.9 Å². The second kappa shape index (κ2) is 4.93. The molecule has 2 unspecified atom stereocenters. The number of carbonyl (C=O) groups excluding carboxylic acids is 1. The van der Waals surface area contributed by atoms with Crippen molar-refractivity contribution in [3.63, 3.8) is 0 Å². The van der Waals surface area contributed by atoms with E-state index in [0.717, 1.165) is 19.4 Å². The van der Waals surface area contributed by atoms with E-state index < -0.39 is 0 Å². The molecule has 3 rings (SSSR count). The largest absolute Gasteiger partial charge is 0.334 e. The molecule has 0 saturated carbocycles. The Morgan fingerprint density at radius 2 is 2.22 bits per heavy atom. The van der Waals surface area contributed by atoms with Crippen LogP contribution >= 0.6 is 11.5 Å². The SMILES string of the molecule is CCN(C(=O)c1csnn1)C1CC2CCC(C1)N2. The van der Waals surface area contributed by atoms with Crippen molar-refractivity contribution in [3.8, 4) is 0 Å². The molecule has 1 N–H and O–H groups in total. The summed E-state index contributed by atoms with van der Waals surface area (Å²) in [5, 5.41) is 9.24. The summed E-state index contributed by atoms with van der Waals surface area (Å²) >= 11 is 1.23. The Bertz CT molecular complexity index is 410. The minimum atomic E-state index is 0.0394. The third-order valence-corrected chi connectivity index (χ3v) is 4.57. The smallest absolute Gasteiger partial charge is 0.275 e. The molecule has 2 atom stereocenters. The number of fused-ring (bicyclic) bond motifs is 2. The summed E-state index contributed by atoms with van der Waals surface area (Å²) in [5.74, 6) is 0.0394. The molecule has 98 valence electrons. The van der Waals surface area contributed by atoms with Gasteiger partial charge in [0, 0.05) is 30.1 Å². The van der Waals surface area contributed by atoms with Gasteiger partial charge in [0.25, 0.3) is 5.91 Å². The second-order valence-electron chi connectivity index (χ2n) is 5.14. The number of rotatable bonds is 3. The van der Waals surface area contributed by atoms with E-state index in [9.17, 15) is 4.79 Å². The van der Waals surface area contributed by atoms with Gasteiger partial charge < -0.3 is 10.2 Å². The third kappa shape index (κ3) is 2.14. The first-order valence-electron chi connectivity index (χ1n) is 6.62. The Balaban J connectivity index is 1.74. The van der Waals surface area contributed by atoms with Gasteiger partial charge in [-0.3, -0.25) is 4.79 Å². The number of carbonyl (C=O) groups is 1. The maximum absolute atomic E-state index is 12.4. The molecule has 0 aromatic carbocycles. The maximum Gasteiger partial charge on any atom is 0.275 e. The summed E-state index contributed by atoms with van der Waals surface area (Å²) in [6, 6.07) is 1.57. The van der Waals surface area contributed by atoms with E-state index in [1.165, 1.54) is 24.4 Å². The highest BCUT2D eigenvalue weighted by molar-refractivity contribution is 7.03. The van der Waals surface area contributed by atoms with E-state index in [-0.39, 0.29) is 5.91 Å². The lowest BCUT2D eigenvalue weighted by Gasteiger charge is -2.36. The van der Waals surface area contributed by atoms with Crippen LogP contribution in [-0.4, -0.2) is 45.1 Å². The van der Waals surface area contributed by atoms with Gasteiger partial charge in [-0.25, -0.2) is 0 Å². The van der Waals surface area contributed by atoms with E-state index in [1.54, 1.807) is 5.38 Å². The van der Waals surface area contributed by atoms with Crippen LogP contribution in [0.15, 0.2) is 5.38 Å². The number of aromatic nitrogens is 2. The molecule has 2 aliphatic rings. The Kier molecular flexibility index (Phi) is 3.30. The van der Waals surface area contributed by atoms with Crippen molar-refractivity contribution in [1.29, 1.82) is 0 Å². The second-order valence-corrected chi connectivity index (χ2v) is 5.75. The molecular weight excluding hydrogens is 248 g/mol. The molecular formula is C12H18N4OS. The lowest BCUT2D eigenvalue weighted by molar-refractivity contribution is 0.0625. The van der Waals surface area contributed by atoms with Gasteiger partial charge in [-0.15, -0.1) is 5.10 Å². The normalized spacial score (nSPS) is 30.4. The quantitative estimate of drug-likeness (QED) is 0.895. The summed E-state index contributed by atoms with van der Waals surface area (Å²) in [7, 11) is 0. The summed E-state index contributed by atoms with van der Waals surface area (Å²) < 4.78 is 3.78. The lowest BCUT2D eigenvalue weighted by Crippen LogP contribution is -2.50. The number of hydrogen-bond acceptors (Lipinski definition) is 5. The molecule has 0 aliphatic carbocycles. The fraction of sp³-hybridized carbons (Fsp3) is 0.750. The molecule has 1 aromatic rings. The Morgan fingerprint density at radius 3 is 2.78 bits per heavy atom. The standard InChI is InChI=1S/C12H18N4OS/c1-2-16(12(17)11-7-18-15-14-11)10-5-8-3-4-9(6-10)13-8/h7-10,13H,2-6H2,1H3. The van der Waals surface area contributed by atoms with Gasteiger partial charge in [-0.05, 0) is 44.1 Å². The average molecular weight is 266 g/mol. The van der Waals surface area contributed by atoms with E-state index in [4.69, 9.17) is 0 Å². The number of nitrogens with zero attached hydrogens (tertiary/aromatic N) is 3. The molecule has 0 radical (unpaired) electrons. The average Bonchev–Trinajstić information content (AvgIpc) is 3.00. The third-order valence-electron chi connectivity index (χ3n) is 4.07. The Hall–Kier alpha value is -1.01. The predicted molar refractivity (Wildman–Crippen MR) is 69.6 cm³/mol. The van der Waals surface area contributed by atoms with Crippen LogP contribution in [0.2, 0.25) is 0 Å². The molecule has 2 saturated heterocycles. The summed E-state index contributed by atoms with van der Waals surface area (Å²) in [6.45, 7) is 2.79. The highest BCUT2D eigenvalue weighted by Gasteiger charge is 2.37. The van der Waals surface area contributed by atoms with Crippen molar-refractivity contribution in [2.45, 2.75) is 50.7 Å². The first-order valence-corrected chi connectivity index (χ1v) is 7.45. The van der Waals surface area contributed by atoms with Crippen molar-refractivity contribution >= 4 is 17.4 Å². The van der Waals surface area contributed by atoms with Crippen molar-refractivity contribution in [2.75, 3.05) is 6.54 Å².